The third-order valence-electron chi connectivity index (χ3n) is 1.91. The number of ether oxygens (including phenoxy) is 1. The van der Waals surface area contributed by atoms with E-state index < -0.39 is 12.6 Å². The van der Waals surface area contributed by atoms with Gasteiger partial charge in [-0.05, 0) is 20.5 Å². The molecule has 0 aliphatic heterocycles. The van der Waals surface area contributed by atoms with Gasteiger partial charge in [0.15, 0.2) is 0 Å². The van der Waals surface area contributed by atoms with Crippen LogP contribution >= 0.6 is 0 Å². The fourth-order valence-corrected chi connectivity index (χ4v) is 1.05. The highest BCUT2D eigenvalue weighted by molar-refractivity contribution is 4.51. The summed E-state index contributed by atoms with van der Waals surface area (Å²) in [5.41, 5.74) is 0. The van der Waals surface area contributed by atoms with Crippen molar-refractivity contribution >= 4 is 0 Å². The average molecular weight is 242 g/mol. The minimum Gasteiger partial charge on any atom is -0.380 e. The Morgan fingerprint density at radius 3 is 2.38 bits per heavy atom. The number of nitrogens with one attached hydrogen (secondary N) is 1. The number of alkyl halides is 3. The molecule has 0 heterocycles. The number of halogens is 3. The Morgan fingerprint density at radius 2 is 1.81 bits per heavy atom. The first-order valence-electron chi connectivity index (χ1n) is 5.42. The SMILES string of the molecule is CN(C)CCNCCOCCCC(F)(F)F. The molecule has 0 aliphatic carbocycles. The highest BCUT2D eigenvalue weighted by atomic mass is 19.4. The molecule has 1 N–H and O–H groups in total. The molecule has 0 aromatic carbocycles. The Bertz CT molecular complexity index is 163. The molecule has 0 aromatic rings. The van der Waals surface area contributed by atoms with Crippen LogP contribution < -0.4 is 5.32 Å². The summed E-state index contributed by atoms with van der Waals surface area (Å²) >= 11 is 0. The van der Waals surface area contributed by atoms with Crippen LogP contribution in [0.5, 0.6) is 0 Å². The van der Waals surface area contributed by atoms with Crippen LogP contribution in [-0.2, 0) is 4.74 Å². The van der Waals surface area contributed by atoms with Gasteiger partial charge >= 0.3 is 6.18 Å². The lowest BCUT2D eigenvalue weighted by molar-refractivity contribution is -0.137. The summed E-state index contributed by atoms with van der Waals surface area (Å²) < 4.78 is 40.3. The number of rotatable bonds is 9. The van der Waals surface area contributed by atoms with Crippen molar-refractivity contribution in [2.45, 2.75) is 19.0 Å². The lowest BCUT2D eigenvalue weighted by Crippen LogP contribution is -2.29. The van der Waals surface area contributed by atoms with Gasteiger partial charge in [-0.1, -0.05) is 0 Å². The van der Waals surface area contributed by atoms with Gasteiger partial charge in [0.2, 0.25) is 0 Å². The first-order chi connectivity index (χ1) is 7.42. The van der Waals surface area contributed by atoms with Crippen LogP contribution in [0, 0.1) is 0 Å². The third kappa shape index (κ3) is 13.7. The van der Waals surface area contributed by atoms with E-state index in [-0.39, 0.29) is 13.0 Å². The topological polar surface area (TPSA) is 24.5 Å². The molecule has 0 rings (SSSR count). The van der Waals surface area contributed by atoms with Crippen molar-refractivity contribution in [3.8, 4) is 0 Å². The summed E-state index contributed by atoms with van der Waals surface area (Å²) in [6.07, 6.45) is -4.78. The summed E-state index contributed by atoms with van der Waals surface area (Å²) in [4.78, 5) is 2.05. The molecule has 0 atom stereocenters. The summed E-state index contributed by atoms with van der Waals surface area (Å²) in [6.45, 7) is 3.12. The van der Waals surface area contributed by atoms with E-state index in [0.717, 1.165) is 13.1 Å². The highest BCUT2D eigenvalue weighted by Crippen LogP contribution is 2.20. The van der Waals surface area contributed by atoms with Gasteiger partial charge in [0.1, 0.15) is 0 Å². The Hall–Kier alpha value is -0.330. The van der Waals surface area contributed by atoms with Crippen molar-refractivity contribution in [1.82, 2.24) is 10.2 Å². The molecule has 0 saturated carbocycles. The summed E-state index contributed by atoms with van der Waals surface area (Å²) in [5, 5.41) is 3.13. The molecule has 0 saturated heterocycles. The Labute approximate surface area is 94.9 Å². The Balaban J connectivity index is 3.05. The monoisotopic (exact) mass is 242 g/mol. The molecular formula is C10H21F3N2O. The van der Waals surface area contributed by atoms with Crippen LogP contribution in [0.4, 0.5) is 13.2 Å². The second-order valence-electron chi connectivity index (χ2n) is 3.88. The fourth-order valence-electron chi connectivity index (χ4n) is 1.05. The van der Waals surface area contributed by atoms with Crippen LogP contribution in [-0.4, -0.2) is 58.0 Å². The maximum absolute atomic E-state index is 11.7. The van der Waals surface area contributed by atoms with Gasteiger partial charge in [0.25, 0.3) is 0 Å². The number of nitrogens with zero attached hydrogens (tertiary/aromatic N) is 1. The van der Waals surface area contributed by atoms with E-state index >= 15 is 0 Å². The largest absolute Gasteiger partial charge is 0.389 e. The molecule has 98 valence electrons. The van der Waals surface area contributed by atoms with Gasteiger partial charge in [0.05, 0.1) is 6.61 Å². The second kappa shape index (κ2) is 8.78. The quantitative estimate of drug-likeness (QED) is 0.620. The molecule has 0 unspecified atom stereocenters. The van der Waals surface area contributed by atoms with Gasteiger partial charge in [-0.25, -0.2) is 0 Å². The van der Waals surface area contributed by atoms with Gasteiger partial charge in [-0.15, -0.1) is 0 Å². The minimum absolute atomic E-state index is 0.0429. The third-order valence-corrected chi connectivity index (χ3v) is 1.91. The van der Waals surface area contributed by atoms with Crippen molar-refractivity contribution in [3.63, 3.8) is 0 Å². The van der Waals surface area contributed by atoms with Crippen molar-refractivity contribution in [2.75, 3.05) is 46.9 Å². The Morgan fingerprint density at radius 1 is 1.12 bits per heavy atom. The smallest absolute Gasteiger partial charge is 0.380 e. The first-order valence-corrected chi connectivity index (χ1v) is 5.42. The molecule has 6 heteroatoms. The predicted octanol–water partition coefficient (Wildman–Crippen LogP) is 1.50. The van der Waals surface area contributed by atoms with Crippen molar-refractivity contribution in [1.29, 1.82) is 0 Å². The zero-order valence-electron chi connectivity index (χ0n) is 9.94. The van der Waals surface area contributed by atoms with Crippen molar-refractivity contribution in [2.24, 2.45) is 0 Å². The fraction of sp³-hybridized carbons (Fsp3) is 1.00. The molecule has 0 aliphatic rings. The summed E-state index contributed by atoms with van der Waals surface area (Å²) in [5.74, 6) is 0. The van der Waals surface area contributed by atoms with Gasteiger partial charge in [-0.2, -0.15) is 13.2 Å². The van der Waals surface area contributed by atoms with Gasteiger partial charge in [-0.3, -0.25) is 0 Å². The van der Waals surface area contributed by atoms with E-state index in [1.54, 1.807) is 0 Å². The standard InChI is InChI=1S/C10H21F3N2O/c1-15(2)7-5-14-6-9-16-8-3-4-10(11,12)13/h14H,3-9H2,1-2H3. The normalized spacial score (nSPS) is 12.4. The number of likely N-dealkylation sites (N-methyl/N-ethyl adjacent to an activating group) is 1. The van der Waals surface area contributed by atoms with Crippen molar-refractivity contribution < 1.29 is 17.9 Å². The van der Waals surface area contributed by atoms with E-state index in [9.17, 15) is 13.2 Å². The molecule has 0 amide bonds. The van der Waals surface area contributed by atoms with Crippen molar-refractivity contribution in [3.05, 3.63) is 0 Å². The van der Waals surface area contributed by atoms with E-state index in [1.807, 2.05) is 14.1 Å². The molecule has 16 heavy (non-hydrogen) atoms. The maximum atomic E-state index is 11.7. The predicted molar refractivity (Wildman–Crippen MR) is 57.5 cm³/mol. The van der Waals surface area contributed by atoms with Crippen LogP contribution in [0.15, 0.2) is 0 Å². The number of hydrogen-bond acceptors (Lipinski definition) is 3. The molecular weight excluding hydrogens is 221 g/mol. The second-order valence-corrected chi connectivity index (χ2v) is 3.88. The molecule has 0 aromatic heterocycles. The highest BCUT2D eigenvalue weighted by Gasteiger charge is 2.25. The van der Waals surface area contributed by atoms with E-state index in [0.29, 0.717) is 13.2 Å². The Kier molecular flexibility index (Phi) is 8.60. The van der Waals surface area contributed by atoms with Crippen LogP contribution in [0.3, 0.4) is 0 Å². The van der Waals surface area contributed by atoms with Crippen LogP contribution in [0.1, 0.15) is 12.8 Å². The lowest BCUT2D eigenvalue weighted by atomic mass is 10.3. The zero-order chi connectivity index (χ0) is 12.4. The minimum atomic E-state index is -4.06. The lowest BCUT2D eigenvalue weighted by Gasteiger charge is -2.10. The average Bonchev–Trinajstić information content (AvgIpc) is 2.13. The number of hydrogen-bond donors (Lipinski definition) is 1. The zero-order valence-corrected chi connectivity index (χ0v) is 9.94. The molecule has 0 bridgehead atoms. The van der Waals surface area contributed by atoms with Gasteiger partial charge < -0.3 is 15.0 Å². The summed E-state index contributed by atoms with van der Waals surface area (Å²) in [7, 11) is 3.96. The van der Waals surface area contributed by atoms with Crippen LogP contribution in [0.2, 0.25) is 0 Å². The van der Waals surface area contributed by atoms with Crippen LogP contribution in [0.25, 0.3) is 0 Å². The van der Waals surface area contributed by atoms with E-state index in [2.05, 4.69) is 10.2 Å². The van der Waals surface area contributed by atoms with E-state index in [1.165, 1.54) is 0 Å². The maximum Gasteiger partial charge on any atom is 0.389 e. The molecule has 0 radical (unpaired) electrons. The molecule has 0 fully saturated rings. The first kappa shape index (κ1) is 15.7. The molecule has 3 nitrogen and oxygen atoms in total. The summed E-state index contributed by atoms with van der Waals surface area (Å²) in [6, 6.07) is 0. The van der Waals surface area contributed by atoms with E-state index in [4.69, 9.17) is 4.74 Å². The molecule has 0 spiro atoms. The van der Waals surface area contributed by atoms with Gasteiger partial charge in [0, 0.05) is 32.7 Å².